The SMILES string of the molecule is CN1C=NC(=Cc2ccccn2)C1=O. The topological polar surface area (TPSA) is 45.6 Å². The Labute approximate surface area is 81.6 Å². The lowest BCUT2D eigenvalue weighted by atomic mass is 10.3. The first kappa shape index (κ1) is 8.62. The summed E-state index contributed by atoms with van der Waals surface area (Å²) in [5.74, 6) is -0.101. The molecule has 1 aromatic heterocycles. The van der Waals surface area contributed by atoms with Crippen molar-refractivity contribution in [3.63, 3.8) is 0 Å². The fourth-order valence-electron chi connectivity index (χ4n) is 1.14. The third-order valence-electron chi connectivity index (χ3n) is 1.88. The molecule has 0 atom stereocenters. The van der Waals surface area contributed by atoms with E-state index in [9.17, 15) is 4.79 Å². The summed E-state index contributed by atoms with van der Waals surface area (Å²) in [5, 5.41) is 0. The van der Waals surface area contributed by atoms with Gasteiger partial charge in [-0.15, -0.1) is 0 Å². The molecule has 1 aromatic rings. The Balaban J connectivity index is 2.29. The number of amides is 1. The molecule has 1 aliphatic rings. The zero-order valence-corrected chi connectivity index (χ0v) is 7.71. The normalized spacial score (nSPS) is 18.2. The molecule has 0 saturated heterocycles. The molecule has 0 unspecified atom stereocenters. The molecule has 0 fully saturated rings. The molecule has 4 heteroatoms. The highest BCUT2D eigenvalue weighted by Crippen LogP contribution is 2.11. The van der Waals surface area contributed by atoms with E-state index in [4.69, 9.17) is 0 Å². The van der Waals surface area contributed by atoms with Gasteiger partial charge in [0.1, 0.15) is 5.70 Å². The lowest BCUT2D eigenvalue weighted by Crippen LogP contribution is -2.19. The highest BCUT2D eigenvalue weighted by Gasteiger charge is 2.18. The van der Waals surface area contributed by atoms with E-state index in [0.29, 0.717) is 5.70 Å². The van der Waals surface area contributed by atoms with Crippen LogP contribution in [-0.2, 0) is 4.79 Å². The first-order chi connectivity index (χ1) is 6.77. The molecule has 14 heavy (non-hydrogen) atoms. The minimum Gasteiger partial charge on any atom is -0.301 e. The molecule has 0 aliphatic carbocycles. The predicted molar refractivity (Wildman–Crippen MR) is 53.5 cm³/mol. The summed E-state index contributed by atoms with van der Waals surface area (Å²) in [5.41, 5.74) is 1.16. The Morgan fingerprint density at radius 2 is 2.29 bits per heavy atom. The van der Waals surface area contributed by atoms with E-state index in [1.807, 2.05) is 18.2 Å². The maximum absolute atomic E-state index is 11.4. The van der Waals surface area contributed by atoms with E-state index in [1.165, 1.54) is 11.2 Å². The molecule has 1 aliphatic heterocycles. The number of nitrogens with zero attached hydrogens (tertiary/aromatic N) is 3. The van der Waals surface area contributed by atoms with Crippen molar-refractivity contribution in [1.82, 2.24) is 9.88 Å². The number of likely N-dealkylation sites (N-methyl/N-ethyl adjacent to an activating group) is 1. The van der Waals surface area contributed by atoms with Crippen molar-refractivity contribution < 1.29 is 4.79 Å². The van der Waals surface area contributed by atoms with Crippen LogP contribution in [0, 0.1) is 0 Å². The average Bonchev–Trinajstić information content (AvgIpc) is 2.52. The second kappa shape index (κ2) is 3.41. The van der Waals surface area contributed by atoms with Gasteiger partial charge in [0, 0.05) is 13.2 Å². The van der Waals surface area contributed by atoms with E-state index in [1.54, 1.807) is 19.3 Å². The van der Waals surface area contributed by atoms with Crippen LogP contribution in [0.5, 0.6) is 0 Å². The fourth-order valence-corrected chi connectivity index (χ4v) is 1.14. The number of rotatable bonds is 1. The summed E-state index contributed by atoms with van der Waals surface area (Å²) in [6, 6.07) is 5.52. The summed E-state index contributed by atoms with van der Waals surface area (Å²) in [7, 11) is 1.67. The van der Waals surface area contributed by atoms with Crippen LogP contribution in [0.4, 0.5) is 0 Å². The number of aromatic nitrogens is 1. The van der Waals surface area contributed by atoms with Gasteiger partial charge in [-0.2, -0.15) is 0 Å². The molecular weight excluding hydrogens is 178 g/mol. The average molecular weight is 187 g/mol. The summed E-state index contributed by atoms with van der Waals surface area (Å²) in [6.07, 6.45) is 4.85. The Kier molecular flexibility index (Phi) is 2.10. The lowest BCUT2D eigenvalue weighted by molar-refractivity contribution is -0.121. The van der Waals surface area contributed by atoms with E-state index in [2.05, 4.69) is 9.98 Å². The van der Waals surface area contributed by atoms with E-state index >= 15 is 0 Å². The predicted octanol–water partition coefficient (Wildman–Crippen LogP) is 0.923. The van der Waals surface area contributed by atoms with Gasteiger partial charge < -0.3 is 4.90 Å². The molecule has 0 radical (unpaired) electrons. The molecule has 2 rings (SSSR count). The third-order valence-corrected chi connectivity index (χ3v) is 1.88. The zero-order valence-electron chi connectivity index (χ0n) is 7.71. The Hall–Kier alpha value is -1.97. The van der Waals surface area contributed by atoms with Crippen molar-refractivity contribution >= 4 is 18.3 Å². The van der Waals surface area contributed by atoms with Crippen molar-refractivity contribution in [3.05, 3.63) is 35.8 Å². The molecule has 0 saturated carbocycles. The number of pyridine rings is 1. The van der Waals surface area contributed by atoms with Crippen molar-refractivity contribution in [3.8, 4) is 0 Å². The van der Waals surface area contributed by atoms with Gasteiger partial charge in [0.2, 0.25) is 0 Å². The Bertz CT molecular complexity index is 409. The van der Waals surface area contributed by atoms with Crippen LogP contribution < -0.4 is 0 Å². The first-order valence-corrected chi connectivity index (χ1v) is 4.21. The maximum atomic E-state index is 11.4. The van der Waals surface area contributed by atoms with Gasteiger partial charge in [-0.05, 0) is 18.2 Å². The van der Waals surface area contributed by atoms with E-state index < -0.39 is 0 Å². The number of carbonyl (C=O) groups excluding carboxylic acids is 1. The second-order valence-corrected chi connectivity index (χ2v) is 2.94. The zero-order chi connectivity index (χ0) is 9.97. The summed E-state index contributed by atoms with van der Waals surface area (Å²) in [4.78, 5) is 20.9. The van der Waals surface area contributed by atoms with E-state index in [-0.39, 0.29) is 5.91 Å². The molecule has 4 nitrogen and oxygen atoms in total. The smallest absolute Gasteiger partial charge is 0.277 e. The molecule has 2 heterocycles. The number of hydrogen-bond donors (Lipinski definition) is 0. The largest absolute Gasteiger partial charge is 0.301 e. The third kappa shape index (κ3) is 1.54. The fraction of sp³-hybridized carbons (Fsp3) is 0.100. The van der Waals surface area contributed by atoms with Crippen LogP contribution >= 0.6 is 0 Å². The van der Waals surface area contributed by atoms with Gasteiger partial charge in [0.05, 0.1) is 12.0 Å². The van der Waals surface area contributed by atoms with E-state index in [0.717, 1.165) is 5.69 Å². The molecule has 0 N–H and O–H groups in total. The standard InChI is InChI=1S/C10H9N3O/c1-13-7-12-9(10(13)14)6-8-4-2-3-5-11-8/h2-7H,1H3. The second-order valence-electron chi connectivity index (χ2n) is 2.94. The van der Waals surface area contributed by atoms with Crippen LogP contribution in [0.1, 0.15) is 5.69 Å². The number of carbonyl (C=O) groups is 1. The molecule has 70 valence electrons. The monoisotopic (exact) mass is 187 g/mol. The van der Waals surface area contributed by atoms with Gasteiger partial charge in [-0.3, -0.25) is 9.78 Å². The van der Waals surface area contributed by atoms with Gasteiger partial charge in [-0.25, -0.2) is 4.99 Å². The summed E-state index contributed by atoms with van der Waals surface area (Å²) >= 11 is 0. The highest BCUT2D eigenvalue weighted by molar-refractivity contribution is 6.07. The van der Waals surface area contributed by atoms with Crippen LogP contribution in [0.25, 0.3) is 6.08 Å². The molecular formula is C10H9N3O. The Morgan fingerprint density at radius 3 is 2.86 bits per heavy atom. The van der Waals surface area contributed by atoms with Gasteiger partial charge in [-0.1, -0.05) is 6.07 Å². The minimum atomic E-state index is -0.101. The number of hydrogen-bond acceptors (Lipinski definition) is 3. The molecule has 0 spiro atoms. The number of aliphatic imine (C=N–C) groups is 1. The Morgan fingerprint density at radius 1 is 1.43 bits per heavy atom. The van der Waals surface area contributed by atoms with Crippen molar-refractivity contribution in [2.24, 2.45) is 4.99 Å². The van der Waals surface area contributed by atoms with Crippen molar-refractivity contribution in [1.29, 1.82) is 0 Å². The molecule has 0 aromatic carbocycles. The van der Waals surface area contributed by atoms with Crippen LogP contribution in [0.15, 0.2) is 35.1 Å². The molecule has 0 bridgehead atoms. The highest BCUT2D eigenvalue weighted by atomic mass is 16.2. The summed E-state index contributed by atoms with van der Waals surface area (Å²) < 4.78 is 0. The van der Waals surface area contributed by atoms with Crippen molar-refractivity contribution in [2.75, 3.05) is 7.05 Å². The lowest BCUT2D eigenvalue weighted by Gasteiger charge is -2.00. The quantitative estimate of drug-likeness (QED) is 0.614. The van der Waals surface area contributed by atoms with Gasteiger partial charge >= 0.3 is 0 Å². The molecule has 1 amide bonds. The van der Waals surface area contributed by atoms with Crippen LogP contribution in [0.3, 0.4) is 0 Å². The van der Waals surface area contributed by atoms with Crippen LogP contribution in [0.2, 0.25) is 0 Å². The van der Waals surface area contributed by atoms with Gasteiger partial charge in [0.25, 0.3) is 5.91 Å². The van der Waals surface area contributed by atoms with Gasteiger partial charge in [0.15, 0.2) is 0 Å². The van der Waals surface area contributed by atoms with Crippen molar-refractivity contribution in [2.45, 2.75) is 0 Å². The maximum Gasteiger partial charge on any atom is 0.277 e. The summed E-state index contributed by atoms with van der Waals surface area (Å²) in [6.45, 7) is 0. The van der Waals surface area contributed by atoms with Crippen LogP contribution in [-0.4, -0.2) is 29.2 Å². The first-order valence-electron chi connectivity index (χ1n) is 4.21. The minimum absolute atomic E-state index is 0.101.